The molecule has 0 spiro atoms. The fraction of sp³-hybridized carbons (Fsp3) is 0.0909. The van der Waals surface area contributed by atoms with Crippen LogP contribution < -0.4 is 16.4 Å². The highest BCUT2D eigenvalue weighted by atomic mass is 35.5. The van der Waals surface area contributed by atoms with Crippen LogP contribution in [-0.4, -0.2) is 18.0 Å². The van der Waals surface area contributed by atoms with Gasteiger partial charge in [0.05, 0.1) is 6.54 Å². The summed E-state index contributed by atoms with van der Waals surface area (Å²) >= 11 is 5.82. The summed E-state index contributed by atoms with van der Waals surface area (Å²) in [6.45, 7) is -0.357. The molecule has 0 aliphatic heterocycles. The SMILES string of the molecule is NS(=O)(=O)c1cn(Cc2c(F)cccc2Cl)c(=O)[nH]c1=O. The van der Waals surface area contributed by atoms with Gasteiger partial charge in [0.25, 0.3) is 5.56 Å². The maximum Gasteiger partial charge on any atom is 0.328 e. The lowest BCUT2D eigenvalue weighted by Gasteiger charge is -2.09. The van der Waals surface area contributed by atoms with Crippen molar-refractivity contribution in [2.24, 2.45) is 5.14 Å². The largest absolute Gasteiger partial charge is 0.328 e. The van der Waals surface area contributed by atoms with Crippen LogP contribution in [0.3, 0.4) is 0 Å². The maximum absolute atomic E-state index is 13.7. The number of primary sulfonamides is 1. The molecular weight excluding hydrogens is 325 g/mol. The van der Waals surface area contributed by atoms with Crippen molar-refractivity contribution in [3.8, 4) is 0 Å². The van der Waals surface area contributed by atoms with E-state index in [0.29, 0.717) is 0 Å². The van der Waals surface area contributed by atoms with Crippen molar-refractivity contribution >= 4 is 21.6 Å². The number of hydrogen-bond acceptors (Lipinski definition) is 4. The van der Waals surface area contributed by atoms with E-state index >= 15 is 0 Å². The molecule has 0 unspecified atom stereocenters. The van der Waals surface area contributed by atoms with Crippen LogP contribution in [0.2, 0.25) is 5.02 Å². The second-order valence-corrected chi connectivity index (χ2v) is 6.06. The van der Waals surface area contributed by atoms with Crippen LogP contribution in [0.4, 0.5) is 4.39 Å². The number of nitrogens with zero attached hydrogens (tertiary/aromatic N) is 1. The first-order valence-corrected chi connectivity index (χ1v) is 7.42. The quantitative estimate of drug-likeness (QED) is 0.824. The Morgan fingerprint density at radius 1 is 1.33 bits per heavy atom. The van der Waals surface area contributed by atoms with Crippen molar-refractivity contribution < 1.29 is 12.8 Å². The third-order valence-electron chi connectivity index (χ3n) is 2.67. The molecule has 0 atom stereocenters. The molecule has 7 nitrogen and oxygen atoms in total. The fourth-order valence-corrected chi connectivity index (χ4v) is 2.47. The van der Waals surface area contributed by atoms with E-state index in [1.165, 1.54) is 12.1 Å². The number of rotatable bonds is 3. The minimum Gasteiger partial charge on any atom is -0.295 e. The first-order valence-electron chi connectivity index (χ1n) is 5.49. The summed E-state index contributed by atoms with van der Waals surface area (Å²) < 4.78 is 37.0. The topological polar surface area (TPSA) is 115 Å². The average molecular weight is 334 g/mol. The van der Waals surface area contributed by atoms with Crippen molar-refractivity contribution in [3.05, 3.63) is 61.6 Å². The van der Waals surface area contributed by atoms with Gasteiger partial charge in [-0.25, -0.2) is 22.7 Å². The summed E-state index contributed by atoms with van der Waals surface area (Å²) in [5.41, 5.74) is -2.07. The van der Waals surface area contributed by atoms with Crippen LogP contribution in [0.1, 0.15) is 5.56 Å². The number of nitrogens with two attached hydrogens (primary N) is 1. The molecule has 21 heavy (non-hydrogen) atoms. The van der Waals surface area contributed by atoms with Gasteiger partial charge in [-0.2, -0.15) is 0 Å². The molecular formula is C11H9ClFN3O4S. The van der Waals surface area contributed by atoms with E-state index < -0.39 is 32.0 Å². The molecule has 3 N–H and O–H groups in total. The second kappa shape index (κ2) is 5.43. The molecule has 0 aliphatic rings. The number of halogens is 2. The highest BCUT2D eigenvalue weighted by Gasteiger charge is 2.17. The molecule has 0 radical (unpaired) electrons. The van der Waals surface area contributed by atoms with Gasteiger partial charge in [-0.3, -0.25) is 14.3 Å². The lowest BCUT2D eigenvalue weighted by Crippen LogP contribution is -2.35. The summed E-state index contributed by atoms with van der Waals surface area (Å²) in [6.07, 6.45) is 0.749. The van der Waals surface area contributed by atoms with E-state index in [2.05, 4.69) is 0 Å². The lowest BCUT2D eigenvalue weighted by atomic mass is 10.2. The third kappa shape index (κ3) is 3.20. The molecule has 0 amide bonds. The van der Waals surface area contributed by atoms with Crippen LogP contribution in [0.5, 0.6) is 0 Å². The van der Waals surface area contributed by atoms with Crippen LogP contribution in [0.15, 0.2) is 38.9 Å². The molecule has 1 aromatic carbocycles. The molecule has 112 valence electrons. The van der Waals surface area contributed by atoms with Gasteiger partial charge in [-0.15, -0.1) is 0 Å². The number of sulfonamides is 1. The molecule has 0 fully saturated rings. The van der Waals surface area contributed by atoms with Crippen molar-refractivity contribution in [2.45, 2.75) is 11.4 Å². The zero-order valence-corrected chi connectivity index (χ0v) is 11.9. The van der Waals surface area contributed by atoms with E-state index in [1.807, 2.05) is 0 Å². The van der Waals surface area contributed by atoms with Crippen molar-refractivity contribution in [1.29, 1.82) is 0 Å². The van der Waals surface area contributed by atoms with Gasteiger partial charge >= 0.3 is 5.69 Å². The highest BCUT2D eigenvalue weighted by Crippen LogP contribution is 2.19. The van der Waals surface area contributed by atoms with Crippen molar-refractivity contribution in [3.63, 3.8) is 0 Å². The van der Waals surface area contributed by atoms with Crippen LogP contribution >= 0.6 is 11.6 Å². The molecule has 1 heterocycles. The molecule has 1 aromatic heterocycles. The van der Waals surface area contributed by atoms with Crippen LogP contribution in [-0.2, 0) is 16.6 Å². The van der Waals surface area contributed by atoms with E-state index in [1.54, 1.807) is 4.98 Å². The predicted octanol–water partition coefficient (Wildman–Crippen LogP) is 0.0248. The summed E-state index contributed by atoms with van der Waals surface area (Å²) in [5, 5.41) is 4.93. The summed E-state index contributed by atoms with van der Waals surface area (Å²) in [5.74, 6) is -0.669. The molecule has 0 saturated heterocycles. The standard InChI is InChI=1S/C11H9ClFN3O4S/c12-7-2-1-3-8(13)6(7)4-16-5-9(21(14,19)20)10(17)15-11(16)18/h1-3,5H,4H2,(H2,14,19,20)(H,15,17,18). The average Bonchev–Trinajstić information content (AvgIpc) is 2.34. The fourth-order valence-electron chi connectivity index (χ4n) is 1.66. The third-order valence-corrected chi connectivity index (χ3v) is 3.93. The van der Waals surface area contributed by atoms with Gasteiger partial charge in [-0.05, 0) is 12.1 Å². The van der Waals surface area contributed by atoms with E-state index in [0.717, 1.165) is 16.8 Å². The van der Waals surface area contributed by atoms with Crippen molar-refractivity contribution in [2.75, 3.05) is 0 Å². The second-order valence-electron chi connectivity index (χ2n) is 4.13. The normalized spacial score (nSPS) is 11.6. The highest BCUT2D eigenvalue weighted by molar-refractivity contribution is 7.89. The van der Waals surface area contributed by atoms with Gasteiger partial charge in [0.1, 0.15) is 5.82 Å². The monoisotopic (exact) mass is 333 g/mol. The maximum atomic E-state index is 13.7. The predicted molar refractivity (Wildman–Crippen MR) is 73.2 cm³/mol. The summed E-state index contributed by atoms with van der Waals surface area (Å²) in [6, 6.07) is 3.93. The molecule has 10 heteroatoms. The first-order chi connectivity index (χ1) is 9.70. The Morgan fingerprint density at radius 3 is 2.57 bits per heavy atom. The van der Waals surface area contributed by atoms with Crippen molar-refractivity contribution in [1.82, 2.24) is 9.55 Å². The number of nitrogens with one attached hydrogen (secondary N) is 1. The number of aromatic amines is 1. The van der Waals surface area contributed by atoms with Crippen LogP contribution in [0, 0.1) is 5.82 Å². The Morgan fingerprint density at radius 2 is 2.00 bits per heavy atom. The molecule has 2 aromatic rings. The van der Waals surface area contributed by atoms with Gasteiger partial charge in [0.2, 0.25) is 10.0 Å². The summed E-state index contributed by atoms with van der Waals surface area (Å²) in [4.78, 5) is 24.1. The number of benzene rings is 1. The Balaban J connectivity index is 2.61. The number of hydrogen-bond donors (Lipinski definition) is 2. The van der Waals surface area contributed by atoms with Crippen LogP contribution in [0.25, 0.3) is 0 Å². The summed E-state index contributed by atoms with van der Waals surface area (Å²) in [7, 11) is -4.32. The van der Waals surface area contributed by atoms with E-state index in [9.17, 15) is 22.4 Å². The van der Waals surface area contributed by atoms with E-state index in [-0.39, 0.29) is 17.1 Å². The lowest BCUT2D eigenvalue weighted by molar-refractivity contribution is 0.582. The van der Waals surface area contributed by atoms with Gasteiger partial charge in [0.15, 0.2) is 4.90 Å². The molecule has 0 saturated carbocycles. The molecule has 2 rings (SSSR count). The minimum absolute atomic E-state index is 0.0197. The van der Waals surface area contributed by atoms with Gasteiger partial charge < -0.3 is 0 Å². The smallest absolute Gasteiger partial charge is 0.295 e. The van der Waals surface area contributed by atoms with Gasteiger partial charge in [0, 0.05) is 16.8 Å². The minimum atomic E-state index is -4.32. The Bertz CT molecular complexity index is 900. The Kier molecular flexibility index (Phi) is 3.99. The zero-order valence-electron chi connectivity index (χ0n) is 10.3. The molecule has 0 bridgehead atoms. The number of H-pyrrole nitrogens is 1. The zero-order chi connectivity index (χ0) is 15.8. The van der Waals surface area contributed by atoms with Gasteiger partial charge in [-0.1, -0.05) is 17.7 Å². The number of aromatic nitrogens is 2. The Labute approximate surface area is 122 Å². The van der Waals surface area contributed by atoms with E-state index in [4.69, 9.17) is 16.7 Å². The molecule has 0 aliphatic carbocycles. The first kappa shape index (κ1) is 15.4. The Hall–Kier alpha value is -1.97.